The van der Waals surface area contributed by atoms with Gasteiger partial charge in [-0.05, 0) is 49.4 Å². The molecule has 0 spiro atoms. The zero-order valence-corrected chi connectivity index (χ0v) is 14.1. The standard InChI is InChI=1S/C17H17ClN4O2/c1-3-24-16-14-10-13(8-9-15(14)22(2)21-16)20-17(23)19-12-6-4-11(18)5-7-12/h4-10H,3H2,1-2H3,(H2,19,20,23). The number of aromatic nitrogens is 2. The summed E-state index contributed by atoms with van der Waals surface area (Å²) < 4.78 is 7.28. The van der Waals surface area contributed by atoms with Crippen molar-refractivity contribution < 1.29 is 9.53 Å². The smallest absolute Gasteiger partial charge is 0.323 e. The summed E-state index contributed by atoms with van der Waals surface area (Å²) in [4.78, 5) is 12.1. The third-order valence-electron chi connectivity index (χ3n) is 3.46. The lowest BCUT2D eigenvalue weighted by Crippen LogP contribution is -2.19. The number of nitrogens with zero attached hydrogens (tertiary/aromatic N) is 2. The number of aryl methyl sites for hydroxylation is 1. The number of benzene rings is 2. The fraction of sp³-hybridized carbons (Fsp3) is 0.176. The van der Waals surface area contributed by atoms with Crippen LogP contribution in [0, 0.1) is 0 Å². The van der Waals surface area contributed by atoms with Crippen molar-refractivity contribution in [2.45, 2.75) is 6.92 Å². The number of anilines is 2. The molecule has 0 aliphatic heterocycles. The van der Waals surface area contributed by atoms with Gasteiger partial charge in [-0.2, -0.15) is 0 Å². The van der Waals surface area contributed by atoms with Gasteiger partial charge in [0.15, 0.2) is 0 Å². The van der Waals surface area contributed by atoms with E-state index in [9.17, 15) is 4.79 Å². The maximum absolute atomic E-state index is 12.1. The molecule has 0 aliphatic rings. The van der Waals surface area contributed by atoms with Crippen molar-refractivity contribution in [3.63, 3.8) is 0 Å². The third-order valence-corrected chi connectivity index (χ3v) is 3.71. The number of carbonyl (C=O) groups excluding carboxylic acids is 1. The highest BCUT2D eigenvalue weighted by Gasteiger charge is 2.11. The zero-order chi connectivity index (χ0) is 17.1. The van der Waals surface area contributed by atoms with Gasteiger partial charge in [0.05, 0.1) is 17.5 Å². The van der Waals surface area contributed by atoms with Gasteiger partial charge >= 0.3 is 6.03 Å². The summed E-state index contributed by atoms with van der Waals surface area (Å²) in [6, 6.07) is 12.1. The second-order valence-electron chi connectivity index (χ2n) is 5.18. The summed E-state index contributed by atoms with van der Waals surface area (Å²) in [5.41, 5.74) is 2.25. The molecule has 1 aromatic heterocycles. The summed E-state index contributed by atoms with van der Waals surface area (Å²) in [7, 11) is 1.85. The quantitative estimate of drug-likeness (QED) is 0.742. The van der Waals surface area contributed by atoms with E-state index in [1.807, 2.05) is 32.2 Å². The first-order valence-electron chi connectivity index (χ1n) is 7.50. The summed E-state index contributed by atoms with van der Waals surface area (Å²) in [6.07, 6.45) is 0. The number of hydrogen-bond donors (Lipinski definition) is 2. The third kappa shape index (κ3) is 3.44. The minimum absolute atomic E-state index is 0.335. The summed E-state index contributed by atoms with van der Waals surface area (Å²) in [6.45, 7) is 2.43. The number of ether oxygens (including phenoxy) is 1. The molecule has 3 aromatic rings. The van der Waals surface area contributed by atoms with Crippen LogP contribution in [0.5, 0.6) is 5.88 Å². The molecule has 0 atom stereocenters. The molecule has 6 nitrogen and oxygen atoms in total. The van der Waals surface area contributed by atoms with E-state index in [4.69, 9.17) is 16.3 Å². The lowest BCUT2D eigenvalue weighted by Gasteiger charge is -2.08. The Bertz CT molecular complexity index is 874. The number of nitrogens with one attached hydrogen (secondary N) is 2. The molecule has 0 saturated heterocycles. The summed E-state index contributed by atoms with van der Waals surface area (Å²) in [5, 5.41) is 11.3. The number of carbonyl (C=O) groups is 1. The molecule has 0 aliphatic carbocycles. The van der Waals surface area contributed by atoms with E-state index >= 15 is 0 Å². The summed E-state index contributed by atoms with van der Waals surface area (Å²) >= 11 is 5.83. The van der Waals surface area contributed by atoms with Crippen LogP contribution >= 0.6 is 11.6 Å². The molecule has 7 heteroatoms. The lowest BCUT2D eigenvalue weighted by molar-refractivity contribution is 0.262. The fourth-order valence-corrected chi connectivity index (χ4v) is 2.51. The van der Waals surface area contributed by atoms with Crippen molar-refractivity contribution in [3.8, 4) is 5.88 Å². The van der Waals surface area contributed by atoms with Crippen LogP contribution in [-0.4, -0.2) is 22.4 Å². The van der Waals surface area contributed by atoms with E-state index in [0.29, 0.717) is 28.9 Å². The molecule has 2 N–H and O–H groups in total. The van der Waals surface area contributed by atoms with Gasteiger partial charge in [-0.25, -0.2) is 4.79 Å². The largest absolute Gasteiger partial charge is 0.476 e. The molecular weight excluding hydrogens is 328 g/mol. The maximum Gasteiger partial charge on any atom is 0.323 e. The van der Waals surface area contributed by atoms with E-state index in [2.05, 4.69) is 15.7 Å². The van der Waals surface area contributed by atoms with Crippen molar-refractivity contribution in [3.05, 3.63) is 47.5 Å². The molecule has 2 amide bonds. The average Bonchev–Trinajstić information content (AvgIpc) is 2.86. The van der Waals surface area contributed by atoms with Crippen LogP contribution in [0.2, 0.25) is 5.02 Å². The molecule has 24 heavy (non-hydrogen) atoms. The highest BCUT2D eigenvalue weighted by molar-refractivity contribution is 6.30. The van der Waals surface area contributed by atoms with Crippen molar-refractivity contribution in [1.29, 1.82) is 0 Å². The molecule has 124 valence electrons. The van der Waals surface area contributed by atoms with Crippen LogP contribution in [0.15, 0.2) is 42.5 Å². The molecule has 0 fully saturated rings. The van der Waals surface area contributed by atoms with Gasteiger partial charge in [0.1, 0.15) is 0 Å². The van der Waals surface area contributed by atoms with Crippen molar-refractivity contribution in [2.75, 3.05) is 17.2 Å². The van der Waals surface area contributed by atoms with Crippen LogP contribution in [0.1, 0.15) is 6.92 Å². The van der Waals surface area contributed by atoms with Gasteiger partial charge in [0.2, 0.25) is 5.88 Å². The van der Waals surface area contributed by atoms with Crippen LogP contribution in [0.4, 0.5) is 16.2 Å². The monoisotopic (exact) mass is 344 g/mol. The number of hydrogen-bond acceptors (Lipinski definition) is 3. The molecule has 1 heterocycles. The Labute approximate surface area is 144 Å². The molecule has 3 rings (SSSR count). The average molecular weight is 345 g/mol. The second-order valence-corrected chi connectivity index (χ2v) is 5.62. The van der Waals surface area contributed by atoms with Crippen LogP contribution < -0.4 is 15.4 Å². The lowest BCUT2D eigenvalue weighted by atomic mass is 10.2. The maximum atomic E-state index is 12.1. The Kier molecular flexibility index (Phi) is 4.57. The number of amides is 2. The van der Waals surface area contributed by atoms with Crippen LogP contribution in [-0.2, 0) is 7.05 Å². The highest BCUT2D eigenvalue weighted by atomic mass is 35.5. The zero-order valence-electron chi connectivity index (χ0n) is 13.3. The Hall–Kier alpha value is -2.73. The predicted octanol–water partition coefficient (Wildman–Crippen LogP) is 4.27. The van der Waals surface area contributed by atoms with E-state index in [1.165, 1.54) is 0 Å². The number of urea groups is 1. The van der Waals surface area contributed by atoms with E-state index in [0.717, 1.165) is 10.9 Å². The highest BCUT2D eigenvalue weighted by Crippen LogP contribution is 2.27. The minimum atomic E-state index is -0.335. The molecule has 0 bridgehead atoms. The van der Waals surface area contributed by atoms with E-state index in [-0.39, 0.29) is 6.03 Å². The SMILES string of the molecule is CCOc1nn(C)c2ccc(NC(=O)Nc3ccc(Cl)cc3)cc12. The van der Waals surface area contributed by atoms with E-state index < -0.39 is 0 Å². The molecule has 0 radical (unpaired) electrons. The minimum Gasteiger partial charge on any atom is -0.476 e. The van der Waals surface area contributed by atoms with Gasteiger partial charge in [-0.3, -0.25) is 4.68 Å². The Morgan fingerprint density at radius 1 is 1.17 bits per heavy atom. The van der Waals surface area contributed by atoms with Crippen molar-refractivity contribution in [2.24, 2.45) is 7.05 Å². The van der Waals surface area contributed by atoms with E-state index in [1.54, 1.807) is 28.9 Å². The van der Waals surface area contributed by atoms with Crippen LogP contribution in [0.25, 0.3) is 10.9 Å². The normalized spacial score (nSPS) is 10.6. The van der Waals surface area contributed by atoms with Crippen molar-refractivity contribution in [1.82, 2.24) is 9.78 Å². The molecular formula is C17H17ClN4O2. The molecule has 0 unspecified atom stereocenters. The second kappa shape index (κ2) is 6.80. The van der Waals surface area contributed by atoms with Gasteiger partial charge in [-0.15, -0.1) is 5.10 Å². The topological polar surface area (TPSA) is 68.2 Å². The number of fused-ring (bicyclic) bond motifs is 1. The van der Waals surface area contributed by atoms with Crippen LogP contribution in [0.3, 0.4) is 0 Å². The first kappa shape index (κ1) is 16.1. The fourth-order valence-electron chi connectivity index (χ4n) is 2.38. The molecule has 0 saturated carbocycles. The number of halogens is 1. The Balaban J connectivity index is 1.78. The predicted molar refractivity (Wildman–Crippen MR) is 96.0 cm³/mol. The molecule has 2 aromatic carbocycles. The van der Waals surface area contributed by atoms with Gasteiger partial charge in [0, 0.05) is 23.4 Å². The number of rotatable bonds is 4. The first-order valence-corrected chi connectivity index (χ1v) is 7.87. The van der Waals surface area contributed by atoms with Crippen molar-refractivity contribution >= 4 is 39.9 Å². The Morgan fingerprint density at radius 2 is 1.83 bits per heavy atom. The van der Waals surface area contributed by atoms with Gasteiger partial charge in [0.25, 0.3) is 0 Å². The Morgan fingerprint density at radius 3 is 2.54 bits per heavy atom. The first-order chi connectivity index (χ1) is 11.6. The summed E-state index contributed by atoms with van der Waals surface area (Å²) in [5.74, 6) is 0.553. The van der Waals surface area contributed by atoms with Gasteiger partial charge in [-0.1, -0.05) is 11.6 Å². The van der Waals surface area contributed by atoms with Gasteiger partial charge < -0.3 is 15.4 Å².